The maximum atomic E-state index is 9.15. The smallest absolute Gasteiger partial charge is 0.450 e. The van der Waals surface area contributed by atoms with Gasteiger partial charge in [0.1, 0.15) is 0 Å². The quantitative estimate of drug-likeness (QED) is 0.662. The van der Waals surface area contributed by atoms with Gasteiger partial charge >= 0.3 is 6.16 Å². The van der Waals surface area contributed by atoms with Crippen molar-refractivity contribution < 1.29 is 14.6 Å². The van der Waals surface area contributed by atoms with E-state index in [1.807, 2.05) is 0 Å². The number of methoxy groups -OCH3 is 1. The van der Waals surface area contributed by atoms with Crippen LogP contribution in [0.4, 0.5) is 4.79 Å². The minimum absolute atomic E-state index is 0.159. The number of rotatable bonds is 0. The van der Waals surface area contributed by atoms with E-state index in [2.05, 4.69) is 25.5 Å². The van der Waals surface area contributed by atoms with E-state index in [4.69, 9.17) is 15.6 Å². The monoisotopic (exact) mass is 269 g/mol. The summed E-state index contributed by atoms with van der Waals surface area (Å²) in [5, 5.41) is 7.50. The summed E-state index contributed by atoms with van der Waals surface area (Å²) < 4.78 is 3.67. The van der Waals surface area contributed by atoms with Gasteiger partial charge in [-0.1, -0.05) is 20.8 Å². The van der Waals surface area contributed by atoms with Crippen LogP contribution < -0.4 is 5.73 Å². The molecule has 4 heteroatoms. The van der Waals surface area contributed by atoms with Crippen molar-refractivity contribution in [2.24, 2.45) is 28.4 Å². The van der Waals surface area contributed by atoms with Crippen molar-refractivity contribution in [1.29, 1.82) is 0 Å². The molecule has 110 valence electrons. The van der Waals surface area contributed by atoms with E-state index in [0.29, 0.717) is 10.8 Å². The molecule has 0 saturated heterocycles. The van der Waals surface area contributed by atoms with Crippen molar-refractivity contribution >= 4 is 6.16 Å². The molecule has 0 spiro atoms. The van der Waals surface area contributed by atoms with Gasteiger partial charge in [0, 0.05) is 5.54 Å². The summed E-state index contributed by atoms with van der Waals surface area (Å²) in [5.41, 5.74) is 7.73. The highest BCUT2D eigenvalue weighted by Gasteiger charge is 2.64. The van der Waals surface area contributed by atoms with Gasteiger partial charge in [0.15, 0.2) is 0 Å². The number of hydrogen-bond acceptors (Lipinski definition) is 3. The number of carbonyl (C=O) groups is 1. The third kappa shape index (κ3) is 2.14. The average Bonchev–Trinajstić information content (AvgIpc) is 2.25. The third-order valence-corrected chi connectivity index (χ3v) is 6.38. The van der Waals surface area contributed by atoms with Gasteiger partial charge in [0.25, 0.3) is 0 Å². The molecule has 19 heavy (non-hydrogen) atoms. The maximum absolute atomic E-state index is 9.15. The van der Waals surface area contributed by atoms with Gasteiger partial charge in [-0.3, -0.25) is 0 Å². The summed E-state index contributed by atoms with van der Waals surface area (Å²) in [6, 6.07) is 0. The second kappa shape index (κ2) is 4.37. The Morgan fingerprint density at radius 1 is 1.16 bits per heavy atom. The zero-order valence-electron chi connectivity index (χ0n) is 12.5. The van der Waals surface area contributed by atoms with Crippen LogP contribution in [-0.4, -0.2) is 23.9 Å². The molecule has 0 aromatic carbocycles. The summed E-state index contributed by atoms with van der Waals surface area (Å²) in [5.74, 6) is 1.90. The Labute approximate surface area is 115 Å². The van der Waals surface area contributed by atoms with Crippen molar-refractivity contribution in [3.05, 3.63) is 0 Å². The van der Waals surface area contributed by atoms with Gasteiger partial charge in [0.05, 0.1) is 7.11 Å². The zero-order valence-corrected chi connectivity index (χ0v) is 12.5. The molecule has 3 N–H and O–H groups in total. The topological polar surface area (TPSA) is 72.5 Å². The Kier molecular flexibility index (Phi) is 3.37. The van der Waals surface area contributed by atoms with Crippen LogP contribution in [0.25, 0.3) is 0 Å². The second-order valence-electron chi connectivity index (χ2n) is 7.60. The molecule has 0 heterocycles. The van der Waals surface area contributed by atoms with E-state index in [1.165, 1.54) is 32.1 Å². The van der Waals surface area contributed by atoms with Gasteiger partial charge in [-0.2, -0.15) is 0 Å². The largest absolute Gasteiger partial charge is 0.505 e. The predicted molar refractivity (Wildman–Crippen MR) is 73.9 cm³/mol. The standard InChI is InChI=1S/C13H23N.C2H4O3/c1-11(2)12(3)5-9-4-10(6-12)8-13(11,14)7-9;1-5-2(3)4/h9-10H,4-8,14H2,1-3H3;1H3,(H,3,4). The predicted octanol–water partition coefficient (Wildman–Crippen LogP) is 3.25. The molecule has 4 fully saturated rings. The fraction of sp³-hybridized carbons (Fsp3) is 0.933. The van der Waals surface area contributed by atoms with Crippen molar-refractivity contribution in [2.45, 2.75) is 58.4 Å². The summed E-state index contributed by atoms with van der Waals surface area (Å²) in [7, 11) is 1.10. The molecule has 0 amide bonds. The molecule has 4 rings (SSSR count). The van der Waals surface area contributed by atoms with E-state index in [1.54, 1.807) is 0 Å². The first-order valence-corrected chi connectivity index (χ1v) is 7.19. The second-order valence-corrected chi connectivity index (χ2v) is 7.60. The van der Waals surface area contributed by atoms with Gasteiger partial charge < -0.3 is 15.6 Å². The molecular formula is C15H27NO3. The molecule has 0 aliphatic heterocycles. The first-order valence-electron chi connectivity index (χ1n) is 7.19. The van der Waals surface area contributed by atoms with Crippen LogP contribution in [0, 0.1) is 22.7 Å². The van der Waals surface area contributed by atoms with Crippen LogP contribution in [-0.2, 0) is 4.74 Å². The van der Waals surface area contributed by atoms with Crippen molar-refractivity contribution in [2.75, 3.05) is 7.11 Å². The summed E-state index contributed by atoms with van der Waals surface area (Å²) in [6.45, 7) is 7.33. The van der Waals surface area contributed by atoms with Crippen LogP contribution in [0.15, 0.2) is 0 Å². The molecule has 4 nitrogen and oxygen atoms in total. The SMILES string of the molecule is CC12CC3CC(C1)CC(N)(C3)C2(C)C.COC(=O)O. The zero-order chi connectivity index (χ0) is 14.5. The molecule has 2 unspecified atom stereocenters. The number of hydrogen-bond donors (Lipinski definition) is 2. The maximum Gasteiger partial charge on any atom is 0.505 e. The van der Waals surface area contributed by atoms with Crippen LogP contribution in [0.1, 0.15) is 52.9 Å². The van der Waals surface area contributed by atoms with E-state index in [0.717, 1.165) is 18.9 Å². The minimum atomic E-state index is -1.25. The van der Waals surface area contributed by atoms with Crippen molar-refractivity contribution in [3.8, 4) is 0 Å². The van der Waals surface area contributed by atoms with E-state index in [-0.39, 0.29) is 5.54 Å². The van der Waals surface area contributed by atoms with Gasteiger partial charge in [-0.25, -0.2) is 4.79 Å². The Morgan fingerprint density at radius 2 is 1.58 bits per heavy atom. The Balaban J connectivity index is 0.000000232. The lowest BCUT2D eigenvalue weighted by molar-refractivity contribution is -0.163. The lowest BCUT2D eigenvalue weighted by Gasteiger charge is -2.69. The normalized spacial score (nSPS) is 45.3. The Morgan fingerprint density at radius 3 is 1.89 bits per heavy atom. The van der Waals surface area contributed by atoms with E-state index >= 15 is 0 Å². The number of carboxylic acid groups (broad SMARTS) is 1. The molecule has 4 bridgehead atoms. The van der Waals surface area contributed by atoms with Crippen LogP contribution in [0.3, 0.4) is 0 Å². The Bertz CT molecular complexity index is 340. The molecule has 2 atom stereocenters. The van der Waals surface area contributed by atoms with Crippen molar-refractivity contribution in [3.63, 3.8) is 0 Å². The molecule has 0 aromatic heterocycles. The molecule has 4 aliphatic carbocycles. The fourth-order valence-electron chi connectivity index (χ4n) is 5.04. The lowest BCUT2D eigenvalue weighted by Crippen LogP contribution is -2.70. The summed E-state index contributed by atoms with van der Waals surface area (Å²) in [4.78, 5) is 9.15. The summed E-state index contributed by atoms with van der Waals surface area (Å²) >= 11 is 0. The lowest BCUT2D eigenvalue weighted by atomic mass is 9.38. The van der Waals surface area contributed by atoms with Gasteiger partial charge in [0.2, 0.25) is 0 Å². The van der Waals surface area contributed by atoms with Crippen molar-refractivity contribution in [1.82, 2.24) is 0 Å². The van der Waals surface area contributed by atoms with Gasteiger partial charge in [-0.15, -0.1) is 0 Å². The molecule has 4 aliphatic rings. The van der Waals surface area contributed by atoms with Gasteiger partial charge in [-0.05, 0) is 54.8 Å². The molecule has 4 saturated carbocycles. The van der Waals surface area contributed by atoms with E-state index < -0.39 is 6.16 Å². The highest BCUT2D eigenvalue weighted by atomic mass is 16.6. The highest BCUT2D eigenvalue weighted by Crippen LogP contribution is 2.68. The average molecular weight is 269 g/mol. The minimum Gasteiger partial charge on any atom is -0.450 e. The van der Waals surface area contributed by atoms with Crippen LogP contribution in [0.5, 0.6) is 0 Å². The highest BCUT2D eigenvalue weighted by molar-refractivity contribution is 5.56. The summed E-state index contributed by atoms with van der Waals surface area (Å²) in [6.07, 6.45) is 5.71. The fourth-order valence-corrected chi connectivity index (χ4v) is 5.04. The number of nitrogens with two attached hydrogens (primary N) is 1. The van der Waals surface area contributed by atoms with E-state index in [9.17, 15) is 0 Å². The first kappa shape index (κ1) is 14.6. The molecule has 0 aromatic rings. The van der Waals surface area contributed by atoms with Crippen LogP contribution in [0.2, 0.25) is 0 Å². The molecule has 0 radical (unpaired) electrons. The molecular weight excluding hydrogens is 242 g/mol. The third-order valence-electron chi connectivity index (χ3n) is 6.38. The first-order chi connectivity index (χ1) is 8.63. The number of ether oxygens (including phenoxy) is 1. The van der Waals surface area contributed by atoms with Crippen LogP contribution >= 0.6 is 0 Å². The Hall–Kier alpha value is -0.770.